The molecule has 1 aliphatic rings. The predicted molar refractivity (Wildman–Crippen MR) is 114 cm³/mol. The van der Waals surface area contributed by atoms with Crippen LogP contribution in [0.3, 0.4) is 0 Å². The highest BCUT2D eigenvalue weighted by Gasteiger charge is 2.20. The van der Waals surface area contributed by atoms with Crippen molar-refractivity contribution in [3.8, 4) is 11.5 Å². The van der Waals surface area contributed by atoms with E-state index in [9.17, 15) is 13.6 Å². The molecule has 0 N–H and O–H groups in total. The van der Waals surface area contributed by atoms with E-state index in [1.165, 1.54) is 24.9 Å². The molecule has 1 atom stereocenters. The van der Waals surface area contributed by atoms with E-state index < -0.39 is 6.61 Å². The predicted octanol–water partition coefficient (Wildman–Crippen LogP) is 4.48. The van der Waals surface area contributed by atoms with Crippen LogP contribution in [0.5, 0.6) is 11.5 Å². The van der Waals surface area contributed by atoms with Gasteiger partial charge in [-0.3, -0.25) is 9.36 Å². The molecule has 0 saturated carbocycles. The number of hydrogen-bond acceptors (Lipinski definition) is 6. The van der Waals surface area contributed by atoms with Crippen molar-refractivity contribution >= 4 is 22.7 Å². The van der Waals surface area contributed by atoms with E-state index in [1.807, 2.05) is 18.2 Å². The fourth-order valence-electron chi connectivity index (χ4n) is 3.55. The zero-order valence-corrected chi connectivity index (χ0v) is 17.7. The minimum absolute atomic E-state index is 0.00844. The van der Waals surface area contributed by atoms with Gasteiger partial charge in [0.25, 0.3) is 5.56 Å². The molecule has 164 valence electrons. The normalized spacial score (nSPS) is 16.2. The van der Waals surface area contributed by atoms with E-state index in [0.29, 0.717) is 35.0 Å². The molecule has 9 heteroatoms. The van der Waals surface area contributed by atoms with E-state index in [0.717, 1.165) is 18.4 Å². The standard InChI is InChI=1S/C22H22F2N2O4S/c1-28-19-11-14(8-9-18(19)30-21(23)24)13-31-22-25-17-7-3-2-6-16(17)20(27)26(22)12-15-5-4-10-29-15/h2-3,6-9,11,15,21H,4-5,10,12-13H2,1H3. The number of nitrogens with zero attached hydrogens (tertiary/aromatic N) is 2. The Bertz CT molecular complexity index is 1120. The molecule has 6 nitrogen and oxygen atoms in total. The first-order valence-electron chi connectivity index (χ1n) is 9.91. The van der Waals surface area contributed by atoms with Crippen molar-refractivity contribution in [2.75, 3.05) is 13.7 Å². The molecule has 0 aliphatic carbocycles. The average molecular weight is 448 g/mol. The number of rotatable bonds is 8. The Morgan fingerprint density at radius 2 is 2.10 bits per heavy atom. The Kier molecular flexibility index (Phi) is 6.72. The van der Waals surface area contributed by atoms with Crippen molar-refractivity contribution in [2.24, 2.45) is 0 Å². The Labute approximate surface area is 182 Å². The van der Waals surface area contributed by atoms with Gasteiger partial charge in [0.15, 0.2) is 16.7 Å². The second-order valence-electron chi connectivity index (χ2n) is 7.11. The van der Waals surface area contributed by atoms with Crippen LogP contribution >= 0.6 is 11.8 Å². The summed E-state index contributed by atoms with van der Waals surface area (Å²) in [6.07, 6.45) is 1.88. The summed E-state index contributed by atoms with van der Waals surface area (Å²) in [6.45, 7) is -1.78. The number of ether oxygens (including phenoxy) is 3. The lowest BCUT2D eigenvalue weighted by Gasteiger charge is -2.17. The smallest absolute Gasteiger partial charge is 0.387 e. The highest BCUT2D eigenvalue weighted by atomic mass is 32.2. The van der Waals surface area contributed by atoms with E-state index in [-0.39, 0.29) is 23.2 Å². The highest BCUT2D eigenvalue weighted by molar-refractivity contribution is 7.98. The van der Waals surface area contributed by atoms with Crippen molar-refractivity contribution in [3.63, 3.8) is 0 Å². The summed E-state index contributed by atoms with van der Waals surface area (Å²) in [6, 6.07) is 12.1. The van der Waals surface area contributed by atoms with Gasteiger partial charge in [0, 0.05) is 12.4 Å². The van der Waals surface area contributed by atoms with E-state index in [2.05, 4.69) is 4.74 Å². The zero-order chi connectivity index (χ0) is 21.8. The molecular formula is C22H22F2N2O4S. The number of thioether (sulfide) groups is 1. The number of hydrogen-bond donors (Lipinski definition) is 0. The third kappa shape index (κ3) is 4.99. The van der Waals surface area contributed by atoms with Crippen LogP contribution in [0.2, 0.25) is 0 Å². The number of halogens is 2. The average Bonchev–Trinajstić information content (AvgIpc) is 3.28. The van der Waals surface area contributed by atoms with Gasteiger partial charge < -0.3 is 14.2 Å². The first-order chi connectivity index (χ1) is 15.0. The van der Waals surface area contributed by atoms with E-state index in [1.54, 1.807) is 22.8 Å². The molecule has 1 fully saturated rings. The number of benzene rings is 2. The third-order valence-electron chi connectivity index (χ3n) is 5.05. The maximum atomic E-state index is 13.1. The summed E-state index contributed by atoms with van der Waals surface area (Å²) >= 11 is 1.40. The topological polar surface area (TPSA) is 62.6 Å². The first kappa shape index (κ1) is 21.6. The van der Waals surface area contributed by atoms with Crippen molar-refractivity contribution in [1.29, 1.82) is 0 Å². The zero-order valence-electron chi connectivity index (χ0n) is 16.9. The Balaban J connectivity index is 1.62. The van der Waals surface area contributed by atoms with Crippen LogP contribution in [0, 0.1) is 0 Å². The summed E-state index contributed by atoms with van der Waals surface area (Å²) in [7, 11) is 1.40. The number of para-hydroxylation sites is 1. The summed E-state index contributed by atoms with van der Waals surface area (Å²) in [5, 5.41) is 1.16. The molecule has 4 rings (SSSR count). The lowest BCUT2D eigenvalue weighted by Crippen LogP contribution is -2.28. The van der Waals surface area contributed by atoms with Crippen molar-refractivity contribution in [3.05, 3.63) is 58.4 Å². The lowest BCUT2D eigenvalue weighted by atomic mass is 10.2. The van der Waals surface area contributed by atoms with Gasteiger partial charge in [0.1, 0.15) is 0 Å². The van der Waals surface area contributed by atoms with Gasteiger partial charge in [-0.1, -0.05) is 30.0 Å². The van der Waals surface area contributed by atoms with Crippen LogP contribution in [0.25, 0.3) is 10.9 Å². The van der Waals surface area contributed by atoms with Gasteiger partial charge >= 0.3 is 6.61 Å². The summed E-state index contributed by atoms with van der Waals surface area (Å²) in [5.41, 5.74) is 1.37. The van der Waals surface area contributed by atoms with Gasteiger partial charge in [-0.05, 0) is 42.7 Å². The van der Waals surface area contributed by atoms with Gasteiger partial charge in [-0.25, -0.2) is 4.98 Å². The monoisotopic (exact) mass is 448 g/mol. The van der Waals surface area contributed by atoms with Crippen LogP contribution < -0.4 is 15.0 Å². The first-order valence-corrected chi connectivity index (χ1v) is 10.9. The molecule has 2 aromatic carbocycles. The van der Waals surface area contributed by atoms with Gasteiger partial charge in [-0.15, -0.1) is 0 Å². The van der Waals surface area contributed by atoms with Gasteiger partial charge in [0.05, 0.1) is 30.7 Å². The third-order valence-corrected chi connectivity index (χ3v) is 6.10. The number of methoxy groups -OCH3 is 1. The van der Waals surface area contributed by atoms with E-state index in [4.69, 9.17) is 14.5 Å². The lowest BCUT2D eigenvalue weighted by molar-refractivity contribution is -0.0512. The minimum atomic E-state index is -2.93. The molecule has 1 aliphatic heterocycles. The second kappa shape index (κ2) is 9.65. The molecule has 0 amide bonds. The molecule has 0 spiro atoms. The Hall–Kier alpha value is -2.65. The van der Waals surface area contributed by atoms with Crippen molar-refractivity contribution in [1.82, 2.24) is 9.55 Å². The summed E-state index contributed by atoms with van der Waals surface area (Å²) < 4.78 is 42.2. The second-order valence-corrected chi connectivity index (χ2v) is 8.06. The SMILES string of the molecule is COc1cc(CSc2nc3ccccc3c(=O)n2CC2CCCO2)ccc1OC(F)F. The summed E-state index contributed by atoms with van der Waals surface area (Å²) in [4.78, 5) is 17.9. The molecule has 1 unspecified atom stereocenters. The number of aromatic nitrogens is 2. The van der Waals surface area contributed by atoms with Crippen molar-refractivity contribution < 1.29 is 23.0 Å². The van der Waals surface area contributed by atoms with Gasteiger partial charge in [-0.2, -0.15) is 8.78 Å². The summed E-state index contributed by atoms with van der Waals surface area (Å²) in [5.74, 6) is 0.675. The quantitative estimate of drug-likeness (QED) is 0.374. The van der Waals surface area contributed by atoms with Crippen LogP contribution in [-0.4, -0.2) is 36.0 Å². The van der Waals surface area contributed by atoms with Crippen LogP contribution in [0.4, 0.5) is 8.78 Å². The Morgan fingerprint density at radius 3 is 2.84 bits per heavy atom. The number of fused-ring (bicyclic) bond motifs is 1. The van der Waals surface area contributed by atoms with Crippen LogP contribution in [-0.2, 0) is 17.0 Å². The fraction of sp³-hybridized carbons (Fsp3) is 0.364. The fourth-order valence-corrected chi connectivity index (χ4v) is 4.51. The maximum Gasteiger partial charge on any atom is 0.387 e. The van der Waals surface area contributed by atoms with Crippen LogP contribution in [0.15, 0.2) is 52.4 Å². The molecular weight excluding hydrogens is 426 g/mol. The largest absolute Gasteiger partial charge is 0.493 e. The Morgan fingerprint density at radius 1 is 1.26 bits per heavy atom. The van der Waals surface area contributed by atoms with Crippen molar-refractivity contribution in [2.45, 2.75) is 43.0 Å². The molecule has 31 heavy (non-hydrogen) atoms. The molecule has 1 saturated heterocycles. The number of alkyl halides is 2. The maximum absolute atomic E-state index is 13.1. The van der Waals surface area contributed by atoms with Crippen LogP contribution in [0.1, 0.15) is 18.4 Å². The molecule has 0 radical (unpaired) electrons. The molecule has 3 aromatic rings. The minimum Gasteiger partial charge on any atom is -0.493 e. The molecule has 2 heterocycles. The molecule has 0 bridgehead atoms. The molecule has 1 aromatic heterocycles. The highest BCUT2D eigenvalue weighted by Crippen LogP contribution is 2.32. The van der Waals surface area contributed by atoms with E-state index >= 15 is 0 Å². The van der Waals surface area contributed by atoms with Gasteiger partial charge in [0.2, 0.25) is 0 Å².